The van der Waals surface area contributed by atoms with Gasteiger partial charge in [0, 0.05) is 34.8 Å². The first-order valence-corrected chi connectivity index (χ1v) is 9.68. The number of fused-ring (bicyclic) bond motifs is 2. The molecule has 4 aromatic rings. The first kappa shape index (κ1) is 17.5. The minimum absolute atomic E-state index is 0.357. The molecule has 1 atom stereocenters. The van der Waals surface area contributed by atoms with Gasteiger partial charge in [-0.25, -0.2) is 14.8 Å². The van der Waals surface area contributed by atoms with Crippen LogP contribution in [-0.2, 0) is 17.6 Å². The summed E-state index contributed by atoms with van der Waals surface area (Å²) in [6.45, 7) is 4.01. The molecule has 0 fully saturated rings. The first-order valence-electron chi connectivity index (χ1n) is 8.86. The van der Waals surface area contributed by atoms with E-state index >= 15 is 0 Å². The number of aliphatic carboxylic acids is 1. The standard InChI is InChI=1S/C20H20N4O2S/c1-3-17-23-18(14-8-11(2)27-19(14)24-17)22-16(20(25)26)9-12-10-21-15-7-5-4-6-13(12)15/h4-8,10,16,21H,3,9H2,1-2H3,(H,25,26)(H,22,23,24). The summed E-state index contributed by atoms with van der Waals surface area (Å²) >= 11 is 1.60. The van der Waals surface area contributed by atoms with Crippen molar-refractivity contribution < 1.29 is 9.90 Å². The fraction of sp³-hybridized carbons (Fsp3) is 0.250. The number of carbonyl (C=O) groups is 1. The molecule has 4 rings (SSSR count). The second kappa shape index (κ2) is 7.00. The van der Waals surface area contributed by atoms with Gasteiger partial charge in [-0.2, -0.15) is 0 Å². The van der Waals surface area contributed by atoms with Gasteiger partial charge in [0.1, 0.15) is 22.5 Å². The lowest BCUT2D eigenvalue weighted by atomic mass is 10.0. The third-order valence-electron chi connectivity index (χ3n) is 4.59. The van der Waals surface area contributed by atoms with Crippen molar-refractivity contribution in [2.45, 2.75) is 32.7 Å². The molecule has 0 aliphatic heterocycles. The van der Waals surface area contributed by atoms with Crippen molar-refractivity contribution in [3.63, 3.8) is 0 Å². The second-order valence-electron chi connectivity index (χ2n) is 6.52. The summed E-state index contributed by atoms with van der Waals surface area (Å²) in [6.07, 6.45) is 2.93. The predicted octanol–water partition coefficient (Wildman–Crippen LogP) is 4.15. The van der Waals surface area contributed by atoms with Crippen LogP contribution < -0.4 is 5.32 Å². The van der Waals surface area contributed by atoms with E-state index in [1.54, 1.807) is 11.3 Å². The van der Waals surface area contributed by atoms with Crippen LogP contribution in [0.3, 0.4) is 0 Å². The number of hydrogen-bond donors (Lipinski definition) is 3. The van der Waals surface area contributed by atoms with Crippen LogP contribution >= 0.6 is 11.3 Å². The molecule has 0 spiro atoms. The van der Waals surface area contributed by atoms with Crippen LogP contribution in [0.5, 0.6) is 0 Å². The van der Waals surface area contributed by atoms with Crippen molar-refractivity contribution in [3.05, 3.63) is 52.8 Å². The summed E-state index contributed by atoms with van der Waals surface area (Å²) in [7, 11) is 0. The van der Waals surface area contributed by atoms with Crippen LogP contribution in [0.2, 0.25) is 0 Å². The number of carboxylic acid groups (broad SMARTS) is 1. The van der Waals surface area contributed by atoms with E-state index in [1.807, 2.05) is 50.4 Å². The number of aromatic amines is 1. The number of benzene rings is 1. The van der Waals surface area contributed by atoms with E-state index in [2.05, 4.69) is 20.3 Å². The molecule has 0 saturated heterocycles. The zero-order valence-corrected chi connectivity index (χ0v) is 15.9. The lowest BCUT2D eigenvalue weighted by molar-refractivity contribution is -0.137. The lowest BCUT2D eigenvalue weighted by Crippen LogP contribution is -2.32. The Hall–Kier alpha value is -2.93. The van der Waals surface area contributed by atoms with Gasteiger partial charge in [-0.1, -0.05) is 25.1 Å². The lowest BCUT2D eigenvalue weighted by Gasteiger charge is -2.16. The number of rotatable bonds is 6. The molecule has 0 radical (unpaired) electrons. The van der Waals surface area contributed by atoms with Crippen molar-refractivity contribution >= 4 is 44.2 Å². The van der Waals surface area contributed by atoms with Crippen molar-refractivity contribution in [1.29, 1.82) is 0 Å². The van der Waals surface area contributed by atoms with Gasteiger partial charge in [-0.15, -0.1) is 11.3 Å². The minimum atomic E-state index is -0.906. The number of nitrogens with one attached hydrogen (secondary N) is 2. The maximum atomic E-state index is 11.9. The number of aryl methyl sites for hydroxylation is 2. The van der Waals surface area contributed by atoms with Crippen LogP contribution in [0.1, 0.15) is 23.2 Å². The Labute approximate surface area is 160 Å². The number of nitrogens with zero attached hydrogens (tertiary/aromatic N) is 2. The van der Waals surface area contributed by atoms with Gasteiger partial charge in [-0.3, -0.25) is 0 Å². The van der Waals surface area contributed by atoms with Crippen LogP contribution in [0.25, 0.3) is 21.1 Å². The van der Waals surface area contributed by atoms with E-state index in [-0.39, 0.29) is 0 Å². The van der Waals surface area contributed by atoms with E-state index in [0.29, 0.717) is 24.5 Å². The van der Waals surface area contributed by atoms with Crippen LogP contribution in [0, 0.1) is 6.92 Å². The molecule has 7 heteroatoms. The van der Waals surface area contributed by atoms with Crippen LogP contribution in [0.15, 0.2) is 36.5 Å². The van der Waals surface area contributed by atoms with Crippen molar-refractivity contribution in [3.8, 4) is 0 Å². The smallest absolute Gasteiger partial charge is 0.326 e. The van der Waals surface area contributed by atoms with Gasteiger partial charge in [-0.05, 0) is 24.6 Å². The fourth-order valence-electron chi connectivity index (χ4n) is 3.24. The number of carboxylic acids is 1. The van der Waals surface area contributed by atoms with Gasteiger partial charge in [0.2, 0.25) is 0 Å². The average Bonchev–Trinajstić information content (AvgIpc) is 3.23. The summed E-state index contributed by atoms with van der Waals surface area (Å²) in [6, 6.07) is 9.12. The molecule has 0 saturated carbocycles. The molecular weight excluding hydrogens is 360 g/mol. The SMILES string of the molecule is CCc1nc(NC(Cc2c[nH]c3ccccc23)C(=O)O)c2cc(C)sc2n1. The normalized spacial score (nSPS) is 12.5. The van der Waals surface area contributed by atoms with Gasteiger partial charge in [0.25, 0.3) is 0 Å². The number of aromatic nitrogens is 3. The highest BCUT2D eigenvalue weighted by Gasteiger charge is 2.22. The molecule has 6 nitrogen and oxygen atoms in total. The number of anilines is 1. The average molecular weight is 380 g/mol. The summed E-state index contributed by atoms with van der Waals surface area (Å²) in [5.41, 5.74) is 1.97. The molecule has 0 aliphatic rings. The number of thiophene rings is 1. The summed E-state index contributed by atoms with van der Waals surface area (Å²) < 4.78 is 0. The van der Waals surface area contributed by atoms with E-state index in [1.165, 1.54) is 0 Å². The van der Waals surface area contributed by atoms with Gasteiger partial charge < -0.3 is 15.4 Å². The fourth-order valence-corrected chi connectivity index (χ4v) is 4.14. The monoisotopic (exact) mass is 380 g/mol. The highest BCUT2D eigenvalue weighted by Crippen LogP contribution is 2.29. The molecule has 27 heavy (non-hydrogen) atoms. The molecule has 1 unspecified atom stereocenters. The Morgan fingerprint density at radius 1 is 1.30 bits per heavy atom. The van der Waals surface area contributed by atoms with E-state index in [4.69, 9.17) is 0 Å². The van der Waals surface area contributed by atoms with Gasteiger partial charge in [0.05, 0.1) is 5.39 Å². The Bertz CT molecular complexity index is 1130. The summed E-state index contributed by atoms with van der Waals surface area (Å²) in [5, 5.41) is 14.9. The minimum Gasteiger partial charge on any atom is -0.480 e. The molecule has 138 valence electrons. The van der Waals surface area contributed by atoms with Gasteiger partial charge >= 0.3 is 5.97 Å². The number of hydrogen-bond acceptors (Lipinski definition) is 5. The van der Waals surface area contributed by atoms with Crippen molar-refractivity contribution in [2.24, 2.45) is 0 Å². The topological polar surface area (TPSA) is 90.9 Å². The third kappa shape index (κ3) is 3.38. The maximum absolute atomic E-state index is 11.9. The molecular formula is C20H20N4O2S. The van der Waals surface area contributed by atoms with Crippen molar-refractivity contribution in [1.82, 2.24) is 15.0 Å². The molecule has 1 aromatic carbocycles. The van der Waals surface area contributed by atoms with Gasteiger partial charge in [0.15, 0.2) is 0 Å². The maximum Gasteiger partial charge on any atom is 0.326 e. The molecule has 3 heterocycles. The Balaban J connectivity index is 1.70. The molecule has 0 aliphatic carbocycles. The Morgan fingerprint density at radius 2 is 2.11 bits per heavy atom. The molecule has 0 amide bonds. The Kier molecular flexibility index (Phi) is 4.53. The van der Waals surface area contributed by atoms with E-state index in [0.717, 1.165) is 31.6 Å². The summed E-state index contributed by atoms with van der Waals surface area (Å²) in [4.78, 5) is 26.3. The zero-order chi connectivity index (χ0) is 19.0. The van der Waals surface area contributed by atoms with E-state index < -0.39 is 12.0 Å². The third-order valence-corrected chi connectivity index (χ3v) is 5.53. The number of para-hydroxylation sites is 1. The molecule has 0 bridgehead atoms. The quantitative estimate of drug-likeness (QED) is 0.467. The first-order chi connectivity index (χ1) is 13.0. The number of H-pyrrole nitrogens is 1. The van der Waals surface area contributed by atoms with Crippen molar-refractivity contribution in [2.75, 3.05) is 5.32 Å². The van der Waals surface area contributed by atoms with Crippen LogP contribution in [0.4, 0.5) is 5.82 Å². The zero-order valence-electron chi connectivity index (χ0n) is 15.1. The summed E-state index contributed by atoms with van der Waals surface area (Å²) in [5.74, 6) is 0.397. The Morgan fingerprint density at radius 3 is 2.89 bits per heavy atom. The van der Waals surface area contributed by atoms with E-state index in [9.17, 15) is 9.90 Å². The molecule has 3 N–H and O–H groups in total. The predicted molar refractivity (Wildman–Crippen MR) is 109 cm³/mol. The van der Waals surface area contributed by atoms with Crippen LogP contribution in [-0.4, -0.2) is 32.1 Å². The largest absolute Gasteiger partial charge is 0.480 e. The highest BCUT2D eigenvalue weighted by atomic mass is 32.1. The molecule has 3 aromatic heterocycles. The second-order valence-corrected chi connectivity index (χ2v) is 7.75. The highest BCUT2D eigenvalue weighted by molar-refractivity contribution is 7.18.